The molecule has 2 heterocycles. The highest BCUT2D eigenvalue weighted by molar-refractivity contribution is 5.97. The summed E-state index contributed by atoms with van der Waals surface area (Å²) in [5.41, 5.74) is 1.57. The first-order valence-electron chi connectivity index (χ1n) is 9.05. The van der Waals surface area contributed by atoms with Gasteiger partial charge < -0.3 is 14.6 Å². The zero-order valence-electron chi connectivity index (χ0n) is 15.9. The van der Waals surface area contributed by atoms with Crippen molar-refractivity contribution in [1.82, 2.24) is 19.9 Å². The average molecular weight is 403 g/mol. The lowest BCUT2D eigenvalue weighted by molar-refractivity contribution is -0.125. The summed E-state index contributed by atoms with van der Waals surface area (Å²) >= 11 is 0. The molecule has 9 heteroatoms. The van der Waals surface area contributed by atoms with E-state index in [1.54, 1.807) is 72.5 Å². The van der Waals surface area contributed by atoms with Gasteiger partial charge in [0.05, 0.1) is 11.3 Å². The highest BCUT2D eigenvalue weighted by Crippen LogP contribution is 2.22. The predicted octanol–water partition coefficient (Wildman–Crippen LogP) is 3.10. The number of esters is 1. The van der Waals surface area contributed by atoms with Crippen LogP contribution in [0.1, 0.15) is 27.8 Å². The van der Waals surface area contributed by atoms with Crippen LogP contribution in [0, 0.1) is 6.92 Å². The summed E-state index contributed by atoms with van der Waals surface area (Å²) in [4.78, 5) is 29.4. The highest BCUT2D eigenvalue weighted by atomic mass is 16.5. The zero-order chi connectivity index (χ0) is 20.9. The Kier molecular flexibility index (Phi) is 5.33. The van der Waals surface area contributed by atoms with Gasteiger partial charge in [-0.3, -0.25) is 4.79 Å². The Labute approximate surface area is 171 Å². The third kappa shape index (κ3) is 4.25. The van der Waals surface area contributed by atoms with Gasteiger partial charge in [-0.15, -0.1) is 0 Å². The molecule has 0 saturated heterocycles. The van der Waals surface area contributed by atoms with E-state index in [0.717, 1.165) is 5.69 Å². The molecule has 0 radical (unpaired) electrons. The van der Waals surface area contributed by atoms with Gasteiger partial charge in [0.2, 0.25) is 6.10 Å². The highest BCUT2D eigenvalue weighted by Gasteiger charge is 2.26. The number of rotatable bonds is 6. The molecule has 2 aromatic carbocycles. The van der Waals surface area contributed by atoms with Gasteiger partial charge in [-0.1, -0.05) is 35.5 Å². The molecular formula is C21H17N5O4. The number of nitrogens with zero attached hydrogens (tertiary/aromatic N) is 4. The number of carbonyl (C=O) groups excluding carboxylic acids is 2. The number of hydrogen-bond acceptors (Lipinski definition) is 7. The van der Waals surface area contributed by atoms with E-state index in [0.29, 0.717) is 16.9 Å². The van der Waals surface area contributed by atoms with Crippen LogP contribution in [0.4, 0.5) is 5.82 Å². The van der Waals surface area contributed by atoms with Crippen LogP contribution in [0.5, 0.6) is 0 Å². The molecule has 4 rings (SSSR count). The molecule has 1 N–H and O–H groups in total. The third-order valence-electron chi connectivity index (χ3n) is 4.23. The van der Waals surface area contributed by atoms with Gasteiger partial charge in [-0.25, -0.2) is 14.5 Å². The van der Waals surface area contributed by atoms with Crippen LogP contribution < -0.4 is 5.32 Å². The Bertz CT molecular complexity index is 1140. The van der Waals surface area contributed by atoms with Crippen molar-refractivity contribution in [2.75, 3.05) is 5.32 Å². The maximum atomic E-state index is 12.8. The van der Waals surface area contributed by atoms with E-state index in [4.69, 9.17) is 9.26 Å². The van der Waals surface area contributed by atoms with E-state index in [9.17, 15) is 9.59 Å². The molecule has 150 valence electrons. The fraction of sp³-hybridized carbons (Fsp3) is 0.0952. The topological polar surface area (TPSA) is 112 Å². The van der Waals surface area contributed by atoms with E-state index >= 15 is 0 Å². The van der Waals surface area contributed by atoms with Crippen molar-refractivity contribution in [2.45, 2.75) is 13.0 Å². The number of carbonyl (C=O) groups is 2. The number of nitrogens with one attached hydrogen (secondary N) is 1. The van der Waals surface area contributed by atoms with Crippen LogP contribution in [-0.2, 0) is 9.53 Å². The van der Waals surface area contributed by atoms with Crippen LogP contribution in [0.2, 0.25) is 0 Å². The zero-order valence-corrected chi connectivity index (χ0v) is 15.9. The quantitative estimate of drug-likeness (QED) is 0.492. The van der Waals surface area contributed by atoms with Gasteiger partial charge in [0.1, 0.15) is 18.4 Å². The van der Waals surface area contributed by atoms with Crippen LogP contribution in [0.25, 0.3) is 5.69 Å². The summed E-state index contributed by atoms with van der Waals surface area (Å²) in [5.74, 6) is -0.389. The first-order valence-corrected chi connectivity index (χ1v) is 9.05. The standard InChI is InChI=1S/C21H17N5O4/c1-14-11-18(25-30-14)24-20(27)19(15-5-3-2-4-6-15)29-21(28)16-7-9-17(10-8-16)26-13-22-12-23-26/h2-13,19H,1H3,(H,24,25,27). The molecule has 1 amide bonds. The summed E-state index contributed by atoms with van der Waals surface area (Å²) in [6.07, 6.45) is 1.81. The van der Waals surface area contributed by atoms with Crippen LogP contribution in [-0.4, -0.2) is 31.8 Å². The fourth-order valence-electron chi connectivity index (χ4n) is 2.78. The summed E-state index contributed by atoms with van der Waals surface area (Å²) in [7, 11) is 0. The smallest absolute Gasteiger partial charge is 0.339 e. The molecule has 4 aromatic rings. The van der Waals surface area contributed by atoms with Crippen molar-refractivity contribution in [3.05, 3.63) is 90.2 Å². The van der Waals surface area contributed by atoms with Crippen LogP contribution >= 0.6 is 0 Å². The van der Waals surface area contributed by atoms with E-state index < -0.39 is 18.0 Å². The Morgan fingerprint density at radius 2 is 1.87 bits per heavy atom. The molecule has 9 nitrogen and oxygen atoms in total. The van der Waals surface area contributed by atoms with Crippen molar-refractivity contribution in [3.8, 4) is 5.69 Å². The van der Waals surface area contributed by atoms with Gasteiger partial charge in [0, 0.05) is 11.6 Å². The Morgan fingerprint density at radius 1 is 1.10 bits per heavy atom. The summed E-state index contributed by atoms with van der Waals surface area (Å²) in [5, 5.41) is 10.4. The molecule has 0 saturated carbocycles. The molecule has 2 aromatic heterocycles. The van der Waals surface area contributed by atoms with Crippen LogP contribution in [0.15, 0.2) is 77.8 Å². The van der Waals surface area contributed by atoms with Crippen molar-refractivity contribution in [3.63, 3.8) is 0 Å². The normalized spacial score (nSPS) is 11.6. The second-order valence-corrected chi connectivity index (χ2v) is 6.40. The van der Waals surface area contributed by atoms with Crippen molar-refractivity contribution >= 4 is 17.7 Å². The molecule has 0 bridgehead atoms. The maximum absolute atomic E-state index is 12.8. The maximum Gasteiger partial charge on any atom is 0.339 e. The van der Waals surface area contributed by atoms with Gasteiger partial charge in [0.15, 0.2) is 5.82 Å². The number of aromatic nitrogens is 4. The molecular weight excluding hydrogens is 386 g/mol. The summed E-state index contributed by atoms with van der Waals surface area (Å²) < 4.78 is 12.1. The number of hydrogen-bond donors (Lipinski definition) is 1. The number of aryl methyl sites for hydroxylation is 1. The molecule has 1 atom stereocenters. The first kappa shape index (κ1) is 19.1. The Balaban J connectivity index is 1.53. The van der Waals surface area contributed by atoms with Gasteiger partial charge >= 0.3 is 5.97 Å². The van der Waals surface area contributed by atoms with E-state index in [-0.39, 0.29) is 5.82 Å². The lowest BCUT2D eigenvalue weighted by atomic mass is 10.1. The van der Waals surface area contributed by atoms with Crippen LogP contribution in [0.3, 0.4) is 0 Å². The van der Waals surface area contributed by atoms with Crippen molar-refractivity contribution < 1.29 is 18.8 Å². The lowest BCUT2D eigenvalue weighted by Gasteiger charge is -2.17. The molecule has 0 aliphatic rings. The molecule has 0 aliphatic heterocycles. The molecule has 1 unspecified atom stereocenters. The number of anilines is 1. The summed E-state index contributed by atoms with van der Waals surface area (Å²) in [6.45, 7) is 1.71. The molecule has 0 spiro atoms. The summed E-state index contributed by atoms with van der Waals surface area (Å²) in [6, 6.07) is 16.9. The van der Waals surface area contributed by atoms with Gasteiger partial charge in [0.25, 0.3) is 5.91 Å². The minimum atomic E-state index is -1.16. The Hall–Kier alpha value is -4.27. The van der Waals surface area contributed by atoms with Gasteiger partial charge in [-0.05, 0) is 31.2 Å². The largest absolute Gasteiger partial charge is 0.444 e. The van der Waals surface area contributed by atoms with E-state index in [2.05, 4.69) is 20.6 Å². The minimum Gasteiger partial charge on any atom is -0.444 e. The monoisotopic (exact) mass is 403 g/mol. The fourth-order valence-corrected chi connectivity index (χ4v) is 2.78. The Morgan fingerprint density at radius 3 is 2.50 bits per heavy atom. The molecule has 30 heavy (non-hydrogen) atoms. The number of ether oxygens (including phenoxy) is 1. The lowest BCUT2D eigenvalue weighted by Crippen LogP contribution is -2.26. The first-order chi connectivity index (χ1) is 14.6. The SMILES string of the molecule is Cc1cc(NC(=O)C(OC(=O)c2ccc(-n3cncn3)cc2)c2ccccc2)no1. The number of benzene rings is 2. The number of amides is 1. The van der Waals surface area contributed by atoms with E-state index in [1.165, 1.54) is 6.33 Å². The van der Waals surface area contributed by atoms with Crippen molar-refractivity contribution in [1.29, 1.82) is 0 Å². The predicted molar refractivity (Wildman–Crippen MR) is 106 cm³/mol. The second kappa shape index (κ2) is 8.39. The molecule has 0 aliphatic carbocycles. The van der Waals surface area contributed by atoms with Crippen molar-refractivity contribution in [2.24, 2.45) is 0 Å². The molecule has 0 fully saturated rings. The van der Waals surface area contributed by atoms with Gasteiger partial charge in [-0.2, -0.15) is 5.10 Å². The second-order valence-electron chi connectivity index (χ2n) is 6.40. The van der Waals surface area contributed by atoms with E-state index in [1.807, 2.05) is 6.07 Å². The average Bonchev–Trinajstić information content (AvgIpc) is 3.44. The minimum absolute atomic E-state index is 0.242. The third-order valence-corrected chi connectivity index (χ3v) is 4.23.